The van der Waals surface area contributed by atoms with Crippen molar-refractivity contribution < 1.29 is 13.9 Å². The Bertz CT molecular complexity index is 571. The molecule has 0 saturated carbocycles. The molecular weight excluding hydrogens is 238 g/mol. The van der Waals surface area contributed by atoms with Crippen LogP contribution in [0.5, 0.6) is 0 Å². The van der Waals surface area contributed by atoms with E-state index in [0.29, 0.717) is 22.9 Å². The Morgan fingerprint density at radius 3 is 3.12 bits per heavy atom. The van der Waals surface area contributed by atoms with E-state index in [0.717, 1.165) is 10.4 Å². The Morgan fingerprint density at radius 1 is 1.59 bits per heavy atom. The first kappa shape index (κ1) is 10.6. The molecule has 3 heterocycles. The third-order valence-electron chi connectivity index (χ3n) is 2.89. The maximum atomic E-state index is 12.3. The zero-order valence-electron chi connectivity index (χ0n) is 9.23. The maximum absolute atomic E-state index is 12.3. The first-order valence-electron chi connectivity index (χ1n) is 5.29. The molecule has 0 radical (unpaired) electrons. The third kappa shape index (κ3) is 1.50. The van der Waals surface area contributed by atoms with Gasteiger partial charge in [-0.05, 0) is 19.1 Å². The van der Waals surface area contributed by atoms with Gasteiger partial charge in [-0.3, -0.25) is 4.79 Å². The second-order valence-electron chi connectivity index (χ2n) is 3.94. The van der Waals surface area contributed by atoms with E-state index in [-0.39, 0.29) is 11.9 Å². The number of fused-ring (bicyclic) bond motifs is 1. The molecule has 0 aliphatic carbocycles. The fourth-order valence-corrected chi connectivity index (χ4v) is 3.17. The topological polar surface area (TPSA) is 65.5 Å². The number of thiophene rings is 1. The lowest BCUT2D eigenvalue weighted by Gasteiger charge is -2.06. The maximum Gasteiger partial charge on any atom is 0.231 e. The molecule has 1 aliphatic rings. The molecule has 0 spiro atoms. The highest BCUT2D eigenvalue weighted by molar-refractivity contribution is 7.16. The van der Waals surface area contributed by atoms with Crippen LogP contribution in [0.4, 0.5) is 5.00 Å². The molecule has 17 heavy (non-hydrogen) atoms. The van der Waals surface area contributed by atoms with Crippen molar-refractivity contribution >= 4 is 22.1 Å². The van der Waals surface area contributed by atoms with E-state index >= 15 is 0 Å². The van der Waals surface area contributed by atoms with E-state index in [1.165, 1.54) is 17.6 Å². The van der Waals surface area contributed by atoms with Gasteiger partial charge in [-0.25, -0.2) is 0 Å². The van der Waals surface area contributed by atoms with Crippen molar-refractivity contribution in [1.82, 2.24) is 0 Å². The minimum atomic E-state index is -0.164. The largest absolute Gasteiger partial charge is 0.461 e. The van der Waals surface area contributed by atoms with Crippen molar-refractivity contribution in [3.05, 3.63) is 40.2 Å². The zero-order valence-corrected chi connectivity index (χ0v) is 10.0. The van der Waals surface area contributed by atoms with Crippen LogP contribution in [0, 0.1) is 0 Å². The van der Waals surface area contributed by atoms with Gasteiger partial charge >= 0.3 is 0 Å². The van der Waals surface area contributed by atoms with Crippen molar-refractivity contribution in [2.24, 2.45) is 0 Å². The monoisotopic (exact) mass is 249 g/mol. The normalized spacial score (nSPS) is 18.3. The lowest BCUT2D eigenvalue weighted by Crippen LogP contribution is -2.06. The molecule has 1 atom stereocenters. The van der Waals surface area contributed by atoms with Gasteiger partial charge in [-0.1, -0.05) is 0 Å². The standard InChI is InChI=1S/C12H11NO3S/c1-6-9-8(5-16-6)17-12(13)10(9)11(14)7-3-2-4-15-7/h2-4,6H,5,13H2,1H3. The van der Waals surface area contributed by atoms with Crippen LogP contribution in [0.2, 0.25) is 0 Å². The number of furan rings is 1. The van der Waals surface area contributed by atoms with E-state index in [4.69, 9.17) is 14.9 Å². The molecule has 1 aliphatic heterocycles. The Balaban J connectivity index is 2.13. The molecule has 2 N–H and O–H groups in total. The summed E-state index contributed by atoms with van der Waals surface area (Å²) in [7, 11) is 0. The SMILES string of the molecule is CC1OCc2sc(N)c(C(=O)c3ccco3)c21. The summed E-state index contributed by atoms with van der Waals surface area (Å²) in [4.78, 5) is 13.3. The number of nitrogens with two attached hydrogens (primary N) is 1. The summed E-state index contributed by atoms with van der Waals surface area (Å²) >= 11 is 1.42. The number of hydrogen-bond acceptors (Lipinski definition) is 5. The Morgan fingerprint density at radius 2 is 2.41 bits per heavy atom. The molecule has 0 fully saturated rings. The average Bonchev–Trinajstić information content (AvgIpc) is 2.97. The van der Waals surface area contributed by atoms with Crippen LogP contribution in [0.1, 0.15) is 39.6 Å². The summed E-state index contributed by atoms with van der Waals surface area (Å²) in [6.07, 6.45) is 1.41. The first-order valence-corrected chi connectivity index (χ1v) is 6.11. The van der Waals surface area contributed by atoms with Crippen LogP contribution in [0.3, 0.4) is 0 Å². The van der Waals surface area contributed by atoms with E-state index in [1.807, 2.05) is 6.92 Å². The fraction of sp³-hybridized carbons (Fsp3) is 0.250. The smallest absolute Gasteiger partial charge is 0.231 e. The lowest BCUT2D eigenvalue weighted by atomic mass is 10.0. The van der Waals surface area contributed by atoms with E-state index in [2.05, 4.69) is 0 Å². The van der Waals surface area contributed by atoms with Gasteiger partial charge in [0.15, 0.2) is 5.76 Å². The summed E-state index contributed by atoms with van der Waals surface area (Å²) in [5.74, 6) is 0.152. The molecule has 0 bridgehead atoms. The Labute approximate surface area is 102 Å². The molecule has 3 rings (SSSR count). The van der Waals surface area contributed by atoms with Gasteiger partial charge in [0.25, 0.3) is 0 Å². The molecule has 88 valence electrons. The number of ether oxygens (including phenoxy) is 1. The highest BCUT2D eigenvalue weighted by Gasteiger charge is 2.31. The minimum Gasteiger partial charge on any atom is -0.461 e. The summed E-state index contributed by atoms with van der Waals surface area (Å²) < 4.78 is 10.6. The Kier molecular flexibility index (Phi) is 2.31. The minimum absolute atomic E-state index is 0.0764. The number of ketones is 1. The molecular formula is C12H11NO3S. The van der Waals surface area contributed by atoms with Gasteiger partial charge in [-0.15, -0.1) is 11.3 Å². The van der Waals surface area contributed by atoms with Crippen molar-refractivity contribution in [2.75, 3.05) is 5.73 Å². The summed E-state index contributed by atoms with van der Waals surface area (Å²) in [5.41, 5.74) is 7.39. The lowest BCUT2D eigenvalue weighted by molar-refractivity contribution is 0.0790. The molecule has 1 unspecified atom stereocenters. The highest BCUT2D eigenvalue weighted by atomic mass is 32.1. The van der Waals surface area contributed by atoms with Crippen molar-refractivity contribution in [2.45, 2.75) is 19.6 Å². The van der Waals surface area contributed by atoms with Gasteiger partial charge in [0.1, 0.15) is 0 Å². The zero-order chi connectivity index (χ0) is 12.0. The summed E-state index contributed by atoms with van der Waals surface area (Å²) in [6, 6.07) is 3.34. The first-order chi connectivity index (χ1) is 8.18. The summed E-state index contributed by atoms with van der Waals surface area (Å²) in [5, 5.41) is 0.548. The van der Waals surface area contributed by atoms with Gasteiger partial charge < -0.3 is 14.9 Å². The molecule has 2 aromatic heterocycles. The summed E-state index contributed by atoms with van der Waals surface area (Å²) in [6.45, 7) is 2.47. The number of rotatable bonds is 2. The number of carbonyl (C=O) groups is 1. The molecule has 4 nitrogen and oxygen atoms in total. The third-order valence-corrected chi connectivity index (χ3v) is 3.90. The second kappa shape index (κ2) is 3.72. The fourth-order valence-electron chi connectivity index (χ4n) is 2.10. The number of carbonyl (C=O) groups excluding carboxylic acids is 1. The molecule has 5 heteroatoms. The second-order valence-corrected chi connectivity index (χ2v) is 5.07. The van der Waals surface area contributed by atoms with Crippen LogP contribution in [-0.4, -0.2) is 5.78 Å². The van der Waals surface area contributed by atoms with Crippen molar-refractivity contribution in [3.8, 4) is 0 Å². The van der Waals surface area contributed by atoms with Crippen LogP contribution in [0.25, 0.3) is 0 Å². The van der Waals surface area contributed by atoms with Crippen molar-refractivity contribution in [3.63, 3.8) is 0 Å². The predicted molar refractivity (Wildman–Crippen MR) is 64.1 cm³/mol. The van der Waals surface area contributed by atoms with Crippen LogP contribution >= 0.6 is 11.3 Å². The van der Waals surface area contributed by atoms with E-state index < -0.39 is 0 Å². The predicted octanol–water partition coefficient (Wildman–Crippen LogP) is 2.75. The Hall–Kier alpha value is -1.59. The molecule has 0 amide bonds. The van der Waals surface area contributed by atoms with Crippen molar-refractivity contribution in [1.29, 1.82) is 0 Å². The van der Waals surface area contributed by atoms with Gasteiger partial charge in [0, 0.05) is 10.4 Å². The molecule has 2 aromatic rings. The van der Waals surface area contributed by atoms with Crippen LogP contribution in [-0.2, 0) is 11.3 Å². The molecule has 0 saturated heterocycles. The molecule has 0 aromatic carbocycles. The van der Waals surface area contributed by atoms with Crippen LogP contribution in [0.15, 0.2) is 22.8 Å². The van der Waals surface area contributed by atoms with E-state index in [9.17, 15) is 4.79 Å². The average molecular weight is 249 g/mol. The quantitative estimate of drug-likeness (QED) is 0.831. The van der Waals surface area contributed by atoms with Crippen LogP contribution < -0.4 is 5.73 Å². The number of nitrogen functional groups attached to an aromatic ring is 1. The number of hydrogen-bond donors (Lipinski definition) is 1. The van der Waals surface area contributed by atoms with E-state index in [1.54, 1.807) is 12.1 Å². The number of anilines is 1. The highest BCUT2D eigenvalue weighted by Crippen LogP contribution is 2.42. The van der Waals surface area contributed by atoms with Gasteiger partial charge in [0.2, 0.25) is 5.78 Å². The van der Waals surface area contributed by atoms with Gasteiger partial charge in [-0.2, -0.15) is 0 Å². The van der Waals surface area contributed by atoms with Gasteiger partial charge in [0.05, 0.1) is 29.5 Å².